The molecule has 0 aliphatic carbocycles. The first-order valence-corrected chi connectivity index (χ1v) is 13.1. The van der Waals surface area contributed by atoms with Crippen LogP contribution in [0.15, 0.2) is 54.6 Å². The van der Waals surface area contributed by atoms with Crippen molar-refractivity contribution < 1.29 is 38.7 Å². The summed E-state index contributed by atoms with van der Waals surface area (Å²) in [6.07, 6.45) is 0.799. The number of esters is 1. The SMILES string of the molecule is CCCC(CC(=O)N(NC(=O)c1ccc(C(=O)OC)cc1)OCc1ccccc1)C(=O)N[C@@H](CC(C)C)C(=O)O. The molecule has 3 N–H and O–H groups in total. The number of carboxylic acid groups (broad SMARTS) is 1. The van der Waals surface area contributed by atoms with E-state index in [1.165, 1.54) is 31.4 Å². The lowest BCUT2D eigenvalue weighted by molar-refractivity contribution is -0.207. The van der Waals surface area contributed by atoms with Crippen LogP contribution in [0, 0.1) is 11.8 Å². The zero-order chi connectivity index (χ0) is 29.7. The second-order valence-corrected chi connectivity index (χ2v) is 9.68. The normalized spacial score (nSPS) is 12.2. The van der Waals surface area contributed by atoms with Crippen LogP contribution in [0.25, 0.3) is 0 Å². The van der Waals surface area contributed by atoms with Gasteiger partial charge in [0.1, 0.15) is 12.6 Å². The summed E-state index contributed by atoms with van der Waals surface area (Å²) in [6, 6.07) is 13.5. The summed E-state index contributed by atoms with van der Waals surface area (Å²) < 4.78 is 4.66. The minimum absolute atomic E-state index is 0.0337. The third-order valence-electron chi connectivity index (χ3n) is 5.95. The Balaban J connectivity index is 2.21. The molecule has 0 spiro atoms. The Morgan fingerprint density at radius 2 is 1.57 bits per heavy atom. The lowest BCUT2D eigenvalue weighted by Gasteiger charge is -2.25. The van der Waals surface area contributed by atoms with Gasteiger partial charge in [-0.3, -0.25) is 14.4 Å². The van der Waals surface area contributed by atoms with Crippen molar-refractivity contribution in [2.75, 3.05) is 7.11 Å². The number of nitrogens with zero attached hydrogens (tertiary/aromatic N) is 1. The van der Waals surface area contributed by atoms with Crippen LogP contribution in [0.4, 0.5) is 0 Å². The van der Waals surface area contributed by atoms with Crippen molar-refractivity contribution in [1.29, 1.82) is 0 Å². The summed E-state index contributed by atoms with van der Waals surface area (Å²) in [6.45, 7) is 5.50. The van der Waals surface area contributed by atoms with E-state index in [9.17, 15) is 29.1 Å². The topological polar surface area (TPSA) is 151 Å². The first-order chi connectivity index (χ1) is 19.0. The summed E-state index contributed by atoms with van der Waals surface area (Å²) in [5.74, 6) is -4.46. The Bertz CT molecular complexity index is 1150. The number of benzene rings is 2. The maximum Gasteiger partial charge on any atom is 0.337 e. The lowest BCUT2D eigenvalue weighted by Crippen LogP contribution is -2.48. The highest BCUT2D eigenvalue weighted by atomic mass is 16.7. The summed E-state index contributed by atoms with van der Waals surface area (Å²) in [7, 11) is 1.24. The molecule has 0 saturated carbocycles. The number of hydroxylamine groups is 1. The largest absolute Gasteiger partial charge is 0.480 e. The van der Waals surface area contributed by atoms with Gasteiger partial charge in [-0.15, -0.1) is 5.17 Å². The highest BCUT2D eigenvalue weighted by molar-refractivity contribution is 5.97. The molecule has 2 aromatic rings. The van der Waals surface area contributed by atoms with Gasteiger partial charge >= 0.3 is 11.9 Å². The number of aliphatic carboxylic acids is 1. The summed E-state index contributed by atoms with van der Waals surface area (Å²) in [5, 5.41) is 12.8. The number of rotatable bonds is 14. The van der Waals surface area contributed by atoms with E-state index in [2.05, 4.69) is 15.5 Å². The van der Waals surface area contributed by atoms with Crippen LogP contribution in [-0.4, -0.2) is 53.1 Å². The maximum absolute atomic E-state index is 13.3. The fourth-order valence-electron chi connectivity index (χ4n) is 3.86. The quantitative estimate of drug-likeness (QED) is 0.237. The van der Waals surface area contributed by atoms with Crippen molar-refractivity contribution in [3.63, 3.8) is 0 Å². The van der Waals surface area contributed by atoms with Gasteiger partial charge in [-0.2, -0.15) is 0 Å². The molecule has 2 aromatic carbocycles. The van der Waals surface area contributed by atoms with E-state index in [0.29, 0.717) is 18.0 Å². The Morgan fingerprint density at radius 3 is 2.12 bits per heavy atom. The van der Waals surface area contributed by atoms with Gasteiger partial charge in [-0.05, 0) is 48.6 Å². The summed E-state index contributed by atoms with van der Waals surface area (Å²) in [4.78, 5) is 68.3. The van der Waals surface area contributed by atoms with Gasteiger partial charge < -0.3 is 15.2 Å². The monoisotopic (exact) mass is 555 g/mol. The van der Waals surface area contributed by atoms with Crippen LogP contribution in [0.2, 0.25) is 0 Å². The Labute approximate surface area is 233 Å². The molecule has 2 atom stereocenters. The summed E-state index contributed by atoms with van der Waals surface area (Å²) >= 11 is 0. The molecule has 2 rings (SSSR count). The van der Waals surface area contributed by atoms with Crippen LogP contribution in [0.5, 0.6) is 0 Å². The number of methoxy groups -OCH3 is 1. The van der Waals surface area contributed by atoms with Gasteiger partial charge in [0.25, 0.3) is 11.8 Å². The van der Waals surface area contributed by atoms with Crippen LogP contribution in [0.3, 0.4) is 0 Å². The van der Waals surface area contributed by atoms with E-state index < -0.39 is 41.6 Å². The minimum Gasteiger partial charge on any atom is -0.480 e. The molecule has 0 aliphatic rings. The van der Waals surface area contributed by atoms with E-state index in [4.69, 9.17) is 4.84 Å². The van der Waals surface area contributed by atoms with Crippen molar-refractivity contribution in [1.82, 2.24) is 15.9 Å². The van der Waals surface area contributed by atoms with E-state index in [-0.39, 0.29) is 36.5 Å². The molecule has 0 aliphatic heterocycles. The molecule has 11 nitrogen and oxygen atoms in total. The number of hydrazine groups is 1. The standard InChI is InChI=1S/C29H37N3O8/c1-5-9-23(26(34)30-24(28(36)37)16-19(2)3)17-25(33)32(40-18-20-10-7-6-8-11-20)31-27(35)21-12-14-22(15-13-21)29(38)39-4/h6-8,10-15,19,23-24H,5,9,16-18H2,1-4H3,(H,30,34)(H,31,35)(H,36,37)/t23?,24-/m0/s1. The van der Waals surface area contributed by atoms with Gasteiger partial charge in [-0.25, -0.2) is 19.9 Å². The number of carboxylic acids is 1. The third kappa shape index (κ3) is 10.1. The van der Waals surface area contributed by atoms with Gasteiger partial charge in [0.2, 0.25) is 5.91 Å². The molecule has 0 bridgehead atoms. The first-order valence-electron chi connectivity index (χ1n) is 13.1. The molecule has 3 amide bonds. The van der Waals surface area contributed by atoms with Gasteiger partial charge in [0.05, 0.1) is 12.7 Å². The minimum atomic E-state index is -1.15. The number of hydrogen-bond donors (Lipinski definition) is 3. The van der Waals surface area contributed by atoms with E-state index in [0.717, 1.165) is 5.56 Å². The van der Waals surface area contributed by atoms with Crippen LogP contribution in [-0.2, 0) is 30.6 Å². The van der Waals surface area contributed by atoms with Gasteiger partial charge in [-0.1, -0.05) is 57.5 Å². The van der Waals surface area contributed by atoms with Crippen molar-refractivity contribution in [3.05, 3.63) is 71.3 Å². The second-order valence-electron chi connectivity index (χ2n) is 9.68. The van der Waals surface area contributed by atoms with Crippen LogP contribution >= 0.6 is 0 Å². The molecule has 0 aromatic heterocycles. The lowest BCUT2D eigenvalue weighted by atomic mass is 9.96. The molecule has 216 valence electrons. The van der Waals surface area contributed by atoms with Crippen molar-refractivity contribution in [2.24, 2.45) is 11.8 Å². The molecular weight excluding hydrogens is 518 g/mol. The van der Waals surface area contributed by atoms with Crippen molar-refractivity contribution in [2.45, 2.75) is 59.1 Å². The molecule has 0 radical (unpaired) electrons. The maximum atomic E-state index is 13.3. The van der Waals surface area contributed by atoms with E-state index in [1.807, 2.05) is 26.8 Å². The molecular formula is C29H37N3O8. The zero-order valence-electron chi connectivity index (χ0n) is 23.2. The third-order valence-corrected chi connectivity index (χ3v) is 5.95. The fourth-order valence-corrected chi connectivity index (χ4v) is 3.86. The number of amides is 3. The smallest absolute Gasteiger partial charge is 0.337 e. The second kappa shape index (κ2) is 16.0. The number of carbonyl (C=O) groups excluding carboxylic acids is 4. The Hall–Kier alpha value is -4.25. The predicted molar refractivity (Wildman–Crippen MR) is 145 cm³/mol. The van der Waals surface area contributed by atoms with Crippen LogP contribution in [0.1, 0.15) is 72.7 Å². The highest BCUT2D eigenvalue weighted by Gasteiger charge is 2.30. The fraction of sp³-hybridized carbons (Fsp3) is 0.414. The highest BCUT2D eigenvalue weighted by Crippen LogP contribution is 2.16. The van der Waals surface area contributed by atoms with Gasteiger partial charge in [0.15, 0.2) is 0 Å². The first kappa shape index (κ1) is 32.0. The molecule has 0 saturated heterocycles. The molecule has 1 unspecified atom stereocenters. The molecule has 0 heterocycles. The average molecular weight is 556 g/mol. The van der Waals surface area contributed by atoms with Crippen molar-refractivity contribution in [3.8, 4) is 0 Å². The number of carbonyl (C=O) groups is 5. The van der Waals surface area contributed by atoms with E-state index in [1.54, 1.807) is 24.3 Å². The number of hydrogen-bond acceptors (Lipinski definition) is 7. The number of nitrogens with one attached hydrogen (secondary N) is 2. The molecule has 40 heavy (non-hydrogen) atoms. The van der Waals surface area contributed by atoms with Crippen molar-refractivity contribution >= 4 is 29.7 Å². The van der Waals surface area contributed by atoms with Crippen LogP contribution < -0.4 is 10.7 Å². The Morgan fingerprint density at radius 1 is 0.950 bits per heavy atom. The van der Waals surface area contributed by atoms with E-state index >= 15 is 0 Å². The molecule has 0 fully saturated rings. The number of ether oxygens (including phenoxy) is 1. The van der Waals surface area contributed by atoms with Gasteiger partial charge in [0, 0.05) is 17.9 Å². The Kier molecular flexibility index (Phi) is 12.8. The average Bonchev–Trinajstić information content (AvgIpc) is 2.94. The zero-order valence-corrected chi connectivity index (χ0v) is 23.2. The molecule has 11 heteroatoms. The summed E-state index contributed by atoms with van der Waals surface area (Å²) in [5.41, 5.74) is 3.55. The predicted octanol–water partition coefficient (Wildman–Crippen LogP) is 3.50.